The molecule has 0 spiro atoms. The molecular formula is C14H23N3OS. The van der Waals surface area contributed by atoms with Crippen molar-refractivity contribution in [3.8, 4) is 0 Å². The second-order valence-electron chi connectivity index (χ2n) is 5.63. The first kappa shape index (κ1) is 14.3. The van der Waals surface area contributed by atoms with Crippen LogP contribution in [0.1, 0.15) is 32.3 Å². The molecule has 0 amide bonds. The highest BCUT2D eigenvalue weighted by molar-refractivity contribution is 7.08. The lowest BCUT2D eigenvalue weighted by Gasteiger charge is -2.31. The van der Waals surface area contributed by atoms with Crippen molar-refractivity contribution in [2.75, 3.05) is 19.6 Å². The fourth-order valence-electron chi connectivity index (χ4n) is 2.23. The van der Waals surface area contributed by atoms with Crippen LogP contribution in [0.15, 0.2) is 21.8 Å². The van der Waals surface area contributed by atoms with Gasteiger partial charge < -0.3 is 15.7 Å². The molecule has 1 aliphatic rings. The summed E-state index contributed by atoms with van der Waals surface area (Å²) in [6.07, 6.45) is 2.33. The van der Waals surface area contributed by atoms with Gasteiger partial charge in [0.2, 0.25) is 0 Å². The number of guanidine groups is 1. The molecule has 3 N–H and O–H groups in total. The van der Waals surface area contributed by atoms with E-state index >= 15 is 0 Å². The van der Waals surface area contributed by atoms with E-state index in [1.807, 2.05) is 16.8 Å². The Morgan fingerprint density at radius 2 is 2.26 bits per heavy atom. The molecule has 1 aromatic rings. The molecule has 106 valence electrons. The normalized spacial score (nSPS) is 21.4. The number of hydrogen-bond acceptors (Lipinski definition) is 3. The molecule has 0 aromatic carbocycles. The molecule has 5 heteroatoms. The second-order valence-corrected chi connectivity index (χ2v) is 6.41. The maximum absolute atomic E-state index is 10.4. The van der Waals surface area contributed by atoms with Crippen molar-refractivity contribution in [2.45, 2.75) is 32.3 Å². The molecule has 0 saturated carbocycles. The lowest BCUT2D eigenvalue weighted by atomic mass is 9.99. The van der Waals surface area contributed by atoms with E-state index in [-0.39, 0.29) is 0 Å². The molecule has 1 fully saturated rings. The van der Waals surface area contributed by atoms with Crippen molar-refractivity contribution in [2.24, 2.45) is 16.6 Å². The van der Waals surface area contributed by atoms with Crippen LogP contribution in [0.3, 0.4) is 0 Å². The standard InChI is InChI=1S/C14H23N3OS/c1-11-3-6-17(7-4-11)13(15)16-10-14(2,18)12-5-8-19-9-12/h5,8-9,11,18H,3-4,6-7,10H2,1-2H3,(H2,15,16). The van der Waals surface area contributed by atoms with Crippen molar-refractivity contribution in [1.29, 1.82) is 0 Å². The third kappa shape index (κ3) is 3.70. The first-order valence-corrected chi connectivity index (χ1v) is 7.73. The number of hydrogen-bond donors (Lipinski definition) is 2. The first-order valence-electron chi connectivity index (χ1n) is 6.79. The van der Waals surface area contributed by atoms with Gasteiger partial charge in [-0.25, -0.2) is 4.99 Å². The number of nitrogens with two attached hydrogens (primary N) is 1. The van der Waals surface area contributed by atoms with E-state index in [1.54, 1.807) is 18.3 Å². The van der Waals surface area contributed by atoms with Gasteiger partial charge in [-0.05, 0) is 48.1 Å². The summed E-state index contributed by atoms with van der Waals surface area (Å²) in [5.41, 5.74) is 5.99. The molecule has 1 aliphatic heterocycles. The Kier molecular flexibility index (Phi) is 4.47. The summed E-state index contributed by atoms with van der Waals surface area (Å²) in [6.45, 7) is 6.30. The largest absolute Gasteiger partial charge is 0.383 e. The van der Waals surface area contributed by atoms with Crippen molar-refractivity contribution in [3.63, 3.8) is 0 Å². The van der Waals surface area contributed by atoms with Crippen LogP contribution >= 0.6 is 11.3 Å². The summed E-state index contributed by atoms with van der Waals surface area (Å²) in [5.74, 6) is 1.33. The Balaban J connectivity index is 1.94. The van der Waals surface area contributed by atoms with Crippen LogP contribution < -0.4 is 5.73 Å². The van der Waals surface area contributed by atoms with E-state index < -0.39 is 5.60 Å². The molecule has 2 rings (SSSR count). The topological polar surface area (TPSA) is 61.8 Å². The summed E-state index contributed by atoms with van der Waals surface area (Å²) >= 11 is 1.58. The number of nitrogens with zero attached hydrogens (tertiary/aromatic N) is 2. The van der Waals surface area contributed by atoms with Gasteiger partial charge in [-0.1, -0.05) is 6.92 Å². The van der Waals surface area contributed by atoms with E-state index in [2.05, 4.69) is 16.8 Å². The van der Waals surface area contributed by atoms with E-state index in [9.17, 15) is 5.11 Å². The highest BCUT2D eigenvalue weighted by atomic mass is 32.1. The summed E-state index contributed by atoms with van der Waals surface area (Å²) in [4.78, 5) is 6.49. The lowest BCUT2D eigenvalue weighted by Crippen LogP contribution is -2.43. The van der Waals surface area contributed by atoms with Crippen LogP contribution in [0.2, 0.25) is 0 Å². The van der Waals surface area contributed by atoms with Crippen molar-refractivity contribution in [1.82, 2.24) is 4.90 Å². The number of likely N-dealkylation sites (tertiary alicyclic amines) is 1. The predicted molar refractivity (Wildman–Crippen MR) is 80.4 cm³/mol. The monoisotopic (exact) mass is 281 g/mol. The van der Waals surface area contributed by atoms with Crippen LogP contribution in [-0.4, -0.2) is 35.6 Å². The van der Waals surface area contributed by atoms with Crippen LogP contribution in [0.4, 0.5) is 0 Å². The van der Waals surface area contributed by atoms with E-state index in [0.717, 1.165) is 37.4 Å². The van der Waals surface area contributed by atoms with Gasteiger partial charge in [0, 0.05) is 13.1 Å². The fraction of sp³-hybridized carbons (Fsp3) is 0.643. The summed E-state index contributed by atoms with van der Waals surface area (Å²) < 4.78 is 0. The third-order valence-electron chi connectivity index (χ3n) is 3.80. The molecule has 4 nitrogen and oxygen atoms in total. The van der Waals surface area contributed by atoms with Crippen LogP contribution in [0, 0.1) is 5.92 Å². The Morgan fingerprint density at radius 3 is 2.84 bits per heavy atom. The van der Waals surface area contributed by atoms with E-state index in [0.29, 0.717) is 12.5 Å². The van der Waals surface area contributed by atoms with Crippen LogP contribution in [0.5, 0.6) is 0 Å². The maximum atomic E-state index is 10.4. The molecule has 2 heterocycles. The molecule has 1 aromatic heterocycles. The van der Waals surface area contributed by atoms with Gasteiger partial charge in [-0.3, -0.25) is 0 Å². The molecule has 1 atom stereocenters. The van der Waals surface area contributed by atoms with Gasteiger partial charge in [0.05, 0.1) is 6.54 Å². The fourth-order valence-corrected chi connectivity index (χ4v) is 3.02. The van der Waals surface area contributed by atoms with E-state index in [1.165, 1.54) is 0 Å². The number of aliphatic imine (C=N–C) groups is 1. The van der Waals surface area contributed by atoms with Crippen LogP contribution in [0.25, 0.3) is 0 Å². The number of thiophene rings is 1. The first-order chi connectivity index (χ1) is 8.99. The molecule has 1 unspecified atom stereocenters. The predicted octanol–water partition coefficient (Wildman–Crippen LogP) is 2.00. The number of rotatable bonds is 3. The van der Waals surface area contributed by atoms with Gasteiger partial charge in [0.1, 0.15) is 5.60 Å². The van der Waals surface area contributed by atoms with Crippen molar-refractivity contribution >= 4 is 17.3 Å². The highest BCUT2D eigenvalue weighted by Crippen LogP contribution is 2.23. The van der Waals surface area contributed by atoms with Crippen LogP contribution in [-0.2, 0) is 5.60 Å². The number of piperidine rings is 1. The van der Waals surface area contributed by atoms with E-state index in [4.69, 9.17) is 5.73 Å². The minimum atomic E-state index is -0.937. The summed E-state index contributed by atoms with van der Waals surface area (Å²) in [5, 5.41) is 14.3. The molecule has 1 saturated heterocycles. The zero-order chi connectivity index (χ0) is 13.9. The summed E-state index contributed by atoms with van der Waals surface area (Å²) in [6, 6.07) is 1.93. The summed E-state index contributed by atoms with van der Waals surface area (Å²) in [7, 11) is 0. The molecule has 0 aliphatic carbocycles. The molecule has 0 bridgehead atoms. The third-order valence-corrected chi connectivity index (χ3v) is 4.48. The van der Waals surface area contributed by atoms with Gasteiger partial charge >= 0.3 is 0 Å². The van der Waals surface area contributed by atoms with Gasteiger partial charge in [0.15, 0.2) is 5.96 Å². The van der Waals surface area contributed by atoms with Gasteiger partial charge in [-0.2, -0.15) is 11.3 Å². The number of aliphatic hydroxyl groups is 1. The minimum Gasteiger partial charge on any atom is -0.383 e. The van der Waals surface area contributed by atoms with Crippen molar-refractivity contribution < 1.29 is 5.11 Å². The van der Waals surface area contributed by atoms with Gasteiger partial charge in [0.25, 0.3) is 0 Å². The SMILES string of the molecule is CC1CCN(C(N)=NCC(C)(O)c2ccsc2)CC1. The highest BCUT2D eigenvalue weighted by Gasteiger charge is 2.24. The average Bonchev–Trinajstić information content (AvgIpc) is 2.91. The molecular weight excluding hydrogens is 258 g/mol. The second kappa shape index (κ2) is 5.92. The average molecular weight is 281 g/mol. The minimum absolute atomic E-state index is 0.307. The Morgan fingerprint density at radius 1 is 1.58 bits per heavy atom. The molecule has 0 radical (unpaired) electrons. The van der Waals surface area contributed by atoms with Crippen molar-refractivity contribution in [3.05, 3.63) is 22.4 Å². The van der Waals surface area contributed by atoms with Gasteiger partial charge in [-0.15, -0.1) is 0 Å². The maximum Gasteiger partial charge on any atom is 0.191 e. The Labute approximate surface area is 119 Å². The zero-order valence-corrected chi connectivity index (χ0v) is 12.5. The smallest absolute Gasteiger partial charge is 0.191 e. The lowest BCUT2D eigenvalue weighted by molar-refractivity contribution is 0.0674. The Bertz CT molecular complexity index is 420. The quantitative estimate of drug-likeness (QED) is 0.658. The zero-order valence-electron chi connectivity index (χ0n) is 11.7. The Hall–Kier alpha value is -1.07. The molecule has 19 heavy (non-hydrogen) atoms.